The zero-order valence-electron chi connectivity index (χ0n) is 47.3. The highest BCUT2D eigenvalue weighted by Crippen LogP contribution is 2.48. The van der Waals surface area contributed by atoms with Crippen LogP contribution in [0.5, 0.6) is 11.5 Å². The number of fused-ring (bicyclic) bond motifs is 10. The van der Waals surface area contributed by atoms with Crippen LogP contribution in [0.25, 0.3) is 93.7 Å². The van der Waals surface area contributed by atoms with Gasteiger partial charge in [0.25, 0.3) is 0 Å². The zero-order valence-corrected chi connectivity index (χ0v) is 47.3. The Morgan fingerprint density at radius 2 is 0.793 bits per heavy atom. The summed E-state index contributed by atoms with van der Waals surface area (Å²) in [6.07, 6.45) is 2.10. The van der Waals surface area contributed by atoms with Crippen LogP contribution in [0, 0.1) is 6.92 Å². The van der Waals surface area contributed by atoms with Crippen LogP contribution in [-0.2, 0) is 10.8 Å². The summed E-state index contributed by atoms with van der Waals surface area (Å²) in [5, 5.41) is 7.16. The summed E-state index contributed by atoms with van der Waals surface area (Å²) in [6, 6.07) is 83.6. The number of nitrogens with zero attached hydrogens (tertiary/aromatic N) is 6. The second-order valence-electron chi connectivity index (χ2n) is 24.2. The number of ether oxygens (including phenoxy) is 1. The van der Waals surface area contributed by atoms with E-state index >= 15 is 0 Å². The first-order chi connectivity index (χ1) is 39.9. The lowest BCUT2D eigenvalue weighted by atomic mass is 9.80. The number of pyridine rings is 1. The second-order valence-corrected chi connectivity index (χ2v) is 24.2. The van der Waals surface area contributed by atoms with Gasteiger partial charge in [0.15, 0.2) is 0 Å². The number of para-hydroxylation sites is 7. The third kappa shape index (κ3) is 7.89. The van der Waals surface area contributed by atoms with E-state index in [0.29, 0.717) is 6.67 Å². The molecule has 0 fully saturated rings. The standard InChI is InChI=1S/C75H62N6O/c1-48-40-72(76-46-61(48)73-69(79-62-29-13-8-24-55(62)56-25-9-14-30-63(56)79)36-21-37-70(73)80-64-31-15-10-26-57(64)58-27-11-16-32-65(58)80)81-66-33-17-12-28-59(66)60-39-38-54(45-71(60)81)82-53-23-20-22-51(44-53)77-47-78(68-35-19-18-34-67(68)77)52-42-49(74(2,3)4)41-50(43-52)75(5,6)7/h8-46H,47H2,1-7H3. The number of hydrogen-bond donors (Lipinski definition) is 0. The predicted octanol–water partition coefficient (Wildman–Crippen LogP) is 20.0. The summed E-state index contributed by atoms with van der Waals surface area (Å²) < 4.78 is 14.1. The normalized spacial score (nSPS) is 13.0. The number of rotatable bonds is 8. The number of benzene rings is 10. The van der Waals surface area contributed by atoms with E-state index in [1.807, 2.05) is 0 Å². The van der Waals surface area contributed by atoms with Gasteiger partial charge in [0.2, 0.25) is 0 Å². The van der Waals surface area contributed by atoms with Crippen LogP contribution in [0.15, 0.2) is 237 Å². The molecule has 0 amide bonds. The molecule has 0 saturated heterocycles. The highest BCUT2D eigenvalue weighted by atomic mass is 16.5. The quantitative estimate of drug-likeness (QED) is 0.152. The van der Waals surface area contributed by atoms with Gasteiger partial charge in [-0.2, -0.15) is 0 Å². The van der Waals surface area contributed by atoms with Crippen molar-refractivity contribution in [2.45, 2.75) is 59.3 Å². The molecule has 0 N–H and O–H groups in total. The van der Waals surface area contributed by atoms with E-state index in [9.17, 15) is 0 Å². The maximum absolute atomic E-state index is 6.92. The summed E-state index contributed by atoms with van der Waals surface area (Å²) in [5.41, 5.74) is 19.4. The average Bonchev–Trinajstić information content (AvgIpc) is 4.05. The maximum atomic E-state index is 6.92. The van der Waals surface area contributed by atoms with Gasteiger partial charge in [0.1, 0.15) is 24.0 Å². The van der Waals surface area contributed by atoms with Crippen LogP contribution in [0.3, 0.4) is 0 Å². The summed E-state index contributed by atoms with van der Waals surface area (Å²) in [5.74, 6) is 2.34. The van der Waals surface area contributed by atoms with E-state index in [1.54, 1.807) is 0 Å². The lowest BCUT2D eigenvalue weighted by molar-refractivity contribution is 0.483. The smallest absolute Gasteiger partial charge is 0.137 e. The molecule has 4 aromatic heterocycles. The molecule has 14 aromatic rings. The van der Waals surface area contributed by atoms with Gasteiger partial charge in [-0.3, -0.25) is 4.57 Å². The van der Waals surface area contributed by atoms with Gasteiger partial charge in [-0.25, -0.2) is 4.98 Å². The van der Waals surface area contributed by atoms with Crippen molar-refractivity contribution in [2.24, 2.45) is 0 Å². The number of aryl methyl sites for hydroxylation is 1. The highest BCUT2D eigenvalue weighted by molar-refractivity contribution is 6.13. The van der Waals surface area contributed by atoms with Crippen molar-refractivity contribution in [1.29, 1.82) is 0 Å². The van der Waals surface area contributed by atoms with Crippen LogP contribution in [0.4, 0.5) is 22.7 Å². The summed E-state index contributed by atoms with van der Waals surface area (Å²) >= 11 is 0. The summed E-state index contributed by atoms with van der Waals surface area (Å²) in [4.78, 5) is 10.3. The van der Waals surface area contributed by atoms with Gasteiger partial charge in [-0.15, -0.1) is 0 Å². The third-order valence-corrected chi connectivity index (χ3v) is 17.0. The second kappa shape index (κ2) is 18.6. The Bertz CT molecular complexity index is 4610. The van der Waals surface area contributed by atoms with Gasteiger partial charge in [0, 0.05) is 73.1 Å². The van der Waals surface area contributed by atoms with Crippen LogP contribution in [0.1, 0.15) is 58.2 Å². The van der Waals surface area contributed by atoms with Crippen LogP contribution < -0.4 is 14.5 Å². The Morgan fingerprint density at radius 1 is 0.366 bits per heavy atom. The molecule has 1 aliphatic rings. The molecule has 0 spiro atoms. The zero-order chi connectivity index (χ0) is 55.6. The van der Waals surface area contributed by atoms with Crippen molar-refractivity contribution < 1.29 is 4.74 Å². The molecule has 82 heavy (non-hydrogen) atoms. The van der Waals surface area contributed by atoms with E-state index < -0.39 is 0 Å². The van der Waals surface area contributed by atoms with Crippen LogP contribution in [0.2, 0.25) is 0 Å². The minimum atomic E-state index is 0.00133. The largest absolute Gasteiger partial charge is 0.457 e. The molecular formula is C75H62N6O. The molecule has 0 unspecified atom stereocenters. The van der Waals surface area contributed by atoms with Gasteiger partial charge in [-0.1, -0.05) is 163 Å². The van der Waals surface area contributed by atoms with Crippen molar-refractivity contribution in [3.05, 3.63) is 253 Å². The van der Waals surface area contributed by atoms with Gasteiger partial charge < -0.3 is 23.7 Å². The lowest BCUT2D eigenvalue weighted by Crippen LogP contribution is -2.25. The van der Waals surface area contributed by atoms with Gasteiger partial charge in [0.05, 0.1) is 55.8 Å². The van der Waals surface area contributed by atoms with Crippen molar-refractivity contribution in [2.75, 3.05) is 16.5 Å². The Hall–Kier alpha value is -9.85. The molecule has 398 valence electrons. The number of aromatic nitrogens is 4. The first-order valence-electron chi connectivity index (χ1n) is 28.5. The highest BCUT2D eigenvalue weighted by Gasteiger charge is 2.31. The maximum Gasteiger partial charge on any atom is 0.137 e. The van der Waals surface area contributed by atoms with E-state index in [-0.39, 0.29) is 10.8 Å². The van der Waals surface area contributed by atoms with Crippen LogP contribution in [-0.4, -0.2) is 25.4 Å². The van der Waals surface area contributed by atoms with E-state index in [2.05, 4.69) is 309 Å². The molecule has 0 saturated carbocycles. The van der Waals surface area contributed by atoms with Crippen LogP contribution >= 0.6 is 0 Å². The van der Waals surface area contributed by atoms with Gasteiger partial charge >= 0.3 is 0 Å². The topological polar surface area (TPSA) is 43.4 Å². The van der Waals surface area contributed by atoms with E-state index in [1.165, 1.54) is 44.0 Å². The molecule has 0 atom stereocenters. The molecule has 0 radical (unpaired) electrons. The molecule has 15 rings (SSSR count). The molecule has 0 bridgehead atoms. The monoisotopic (exact) mass is 1060 g/mol. The fourth-order valence-corrected chi connectivity index (χ4v) is 12.9. The lowest BCUT2D eigenvalue weighted by Gasteiger charge is -2.29. The summed E-state index contributed by atoms with van der Waals surface area (Å²) in [6.45, 7) is 16.7. The fourth-order valence-electron chi connectivity index (χ4n) is 12.9. The molecule has 1 aliphatic heterocycles. The molecule has 7 nitrogen and oxygen atoms in total. The molecule has 10 aromatic carbocycles. The molecule has 5 heterocycles. The van der Waals surface area contributed by atoms with Crippen molar-refractivity contribution >= 4 is 88.2 Å². The Morgan fingerprint density at radius 3 is 1.29 bits per heavy atom. The van der Waals surface area contributed by atoms with Gasteiger partial charge in [-0.05, 0) is 132 Å². The number of hydrogen-bond acceptors (Lipinski definition) is 4. The fraction of sp³-hybridized carbons (Fsp3) is 0.133. The summed E-state index contributed by atoms with van der Waals surface area (Å²) in [7, 11) is 0. The van der Waals surface area contributed by atoms with E-state index in [0.717, 1.165) is 101 Å². The van der Waals surface area contributed by atoms with E-state index in [4.69, 9.17) is 9.72 Å². The third-order valence-electron chi connectivity index (χ3n) is 17.0. The Balaban J connectivity index is 0.837. The minimum Gasteiger partial charge on any atom is -0.457 e. The molecule has 7 heteroatoms. The first-order valence-corrected chi connectivity index (χ1v) is 28.5. The SMILES string of the molecule is Cc1cc(-n2c3ccccc3c3ccc(Oc4cccc(N5CN(c6cc(C(C)(C)C)cc(C(C)(C)C)c6)c6ccccc65)c4)cc32)ncc1-c1c(-n2c3ccccc3c3ccccc32)cccc1-n1c2ccccc2c2ccccc21. The van der Waals surface area contributed by atoms with Crippen molar-refractivity contribution in [3.8, 4) is 39.8 Å². The van der Waals surface area contributed by atoms with Crippen molar-refractivity contribution in [3.63, 3.8) is 0 Å². The first kappa shape index (κ1) is 49.2. The number of anilines is 4. The Kier molecular flexibility index (Phi) is 11.2. The average molecular weight is 1060 g/mol. The molecular weight excluding hydrogens is 1000 g/mol. The molecule has 0 aliphatic carbocycles. The predicted molar refractivity (Wildman–Crippen MR) is 343 cm³/mol. The van der Waals surface area contributed by atoms with Crippen molar-refractivity contribution in [1.82, 2.24) is 18.7 Å². The minimum absolute atomic E-state index is 0.00133. The Labute approximate surface area is 478 Å².